The zero-order valence-corrected chi connectivity index (χ0v) is 15.5. The molecule has 1 N–H and O–H groups in total. The first-order valence-electron chi connectivity index (χ1n) is 8.34. The van der Waals surface area contributed by atoms with Crippen LogP contribution in [0, 0.1) is 0 Å². The first-order valence-corrected chi connectivity index (χ1v) is 9.42. The third kappa shape index (κ3) is 3.79. The number of anilines is 1. The fraction of sp³-hybridized carbons (Fsp3) is 0.167. The highest BCUT2D eigenvalue weighted by Crippen LogP contribution is 2.39. The Bertz CT molecular complexity index is 1120. The van der Waals surface area contributed by atoms with Crippen LogP contribution in [0.5, 0.6) is 5.75 Å². The largest absolute Gasteiger partial charge is 0.508 e. The third-order valence-electron chi connectivity index (χ3n) is 4.33. The highest BCUT2D eigenvalue weighted by Gasteiger charge is 2.41. The van der Waals surface area contributed by atoms with Gasteiger partial charge in [0.2, 0.25) is 0 Å². The third-order valence-corrected chi connectivity index (χ3v) is 5.04. The molecule has 0 radical (unpaired) electrons. The lowest BCUT2D eigenvalue weighted by molar-refractivity contribution is -0.0885. The van der Waals surface area contributed by atoms with E-state index in [9.17, 15) is 30.6 Å². The van der Waals surface area contributed by atoms with E-state index in [2.05, 4.69) is 14.7 Å². The van der Waals surface area contributed by atoms with Crippen molar-refractivity contribution in [3.8, 4) is 5.75 Å². The molecular weight excluding hydrogens is 436 g/mol. The number of benzene rings is 2. The lowest BCUT2D eigenvalue weighted by atomic mass is 10.0. The first kappa shape index (κ1) is 20.4. The number of fused-ring (bicyclic) bond motifs is 2. The molecular formula is C18H11F6N3O2S. The van der Waals surface area contributed by atoms with E-state index in [4.69, 9.17) is 0 Å². The van der Waals surface area contributed by atoms with Crippen LogP contribution in [-0.4, -0.2) is 27.6 Å². The number of hydrazone groups is 1. The van der Waals surface area contributed by atoms with Crippen molar-refractivity contribution >= 4 is 33.3 Å². The summed E-state index contributed by atoms with van der Waals surface area (Å²) in [5.41, 5.74) is -3.09. The van der Waals surface area contributed by atoms with E-state index >= 15 is 0 Å². The van der Waals surface area contributed by atoms with Gasteiger partial charge in [0.05, 0.1) is 17.3 Å². The Labute approximate surface area is 167 Å². The van der Waals surface area contributed by atoms with E-state index in [1.165, 1.54) is 18.2 Å². The SMILES string of the molecule is O=S(Oc1ccc2ccccc2c1N1N=C2C=CC(C(F)(F)F)=CC2N1)C(F)(F)F. The number of hydrogen-bond donors (Lipinski definition) is 1. The maximum absolute atomic E-state index is 13.0. The molecule has 5 nitrogen and oxygen atoms in total. The standard InChI is InChI=1S/C18H11F6N3O2S/c19-17(20,21)11-6-7-13-14(9-11)26-27(25-13)16-12-4-2-1-3-10(12)5-8-15(16)29-30(28)18(22,23)24/h1-9,14,26H. The first-order chi connectivity index (χ1) is 14.0. The van der Waals surface area contributed by atoms with Gasteiger partial charge in [0.15, 0.2) is 5.75 Å². The molecule has 2 aromatic rings. The molecule has 1 aliphatic carbocycles. The summed E-state index contributed by atoms with van der Waals surface area (Å²) in [7, 11) is 0. The van der Waals surface area contributed by atoms with Crippen LogP contribution in [0.2, 0.25) is 0 Å². The van der Waals surface area contributed by atoms with Crippen molar-refractivity contribution < 1.29 is 34.7 Å². The van der Waals surface area contributed by atoms with Gasteiger partial charge in [-0.3, -0.25) is 0 Å². The molecule has 0 saturated carbocycles. The Morgan fingerprint density at radius 3 is 2.47 bits per heavy atom. The van der Waals surface area contributed by atoms with Crippen LogP contribution in [0.4, 0.5) is 32.0 Å². The van der Waals surface area contributed by atoms with Crippen LogP contribution in [0.25, 0.3) is 10.8 Å². The zero-order chi connectivity index (χ0) is 21.7. The van der Waals surface area contributed by atoms with Crippen LogP contribution in [0.15, 0.2) is 65.3 Å². The van der Waals surface area contributed by atoms with Gasteiger partial charge in [0.1, 0.15) is 5.69 Å². The minimum Gasteiger partial charge on any atom is -0.392 e. The topological polar surface area (TPSA) is 53.9 Å². The van der Waals surface area contributed by atoms with Gasteiger partial charge in [-0.05, 0) is 29.7 Å². The molecule has 1 heterocycles. The predicted molar refractivity (Wildman–Crippen MR) is 98.9 cm³/mol. The molecule has 0 fully saturated rings. The Morgan fingerprint density at radius 1 is 1.03 bits per heavy atom. The summed E-state index contributed by atoms with van der Waals surface area (Å²) < 4.78 is 93.3. The highest BCUT2D eigenvalue weighted by atomic mass is 32.2. The monoisotopic (exact) mass is 447 g/mol. The number of rotatable bonds is 3. The van der Waals surface area contributed by atoms with Crippen molar-refractivity contribution in [2.24, 2.45) is 5.10 Å². The number of alkyl halides is 6. The summed E-state index contributed by atoms with van der Waals surface area (Å²) in [6.45, 7) is 0. The Balaban J connectivity index is 1.77. The minimum atomic E-state index is -5.12. The summed E-state index contributed by atoms with van der Waals surface area (Å²) in [6, 6.07) is 8.29. The number of allylic oxidation sites excluding steroid dienone is 2. The van der Waals surface area contributed by atoms with Gasteiger partial charge in [-0.25, -0.2) is 4.21 Å². The molecule has 4 rings (SSSR count). The fourth-order valence-corrected chi connectivity index (χ4v) is 3.42. The molecule has 0 spiro atoms. The minimum absolute atomic E-state index is 0.0111. The van der Waals surface area contributed by atoms with Crippen LogP contribution >= 0.6 is 0 Å². The van der Waals surface area contributed by atoms with Crippen LogP contribution in [-0.2, 0) is 11.1 Å². The lowest BCUT2D eigenvalue weighted by Crippen LogP contribution is -2.38. The van der Waals surface area contributed by atoms with Gasteiger partial charge in [-0.2, -0.15) is 42.0 Å². The number of hydrazine groups is 1. The van der Waals surface area contributed by atoms with Gasteiger partial charge < -0.3 is 4.18 Å². The fourth-order valence-electron chi connectivity index (χ4n) is 3.03. The van der Waals surface area contributed by atoms with Crippen LogP contribution in [0.1, 0.15) is 0 Å². The van der Waals surface area contributed by atoms with Gasteiger partial charge in [-0.15, -0.1) is 0 Å². The highest BCUT2D eigenvalue weighted by molar-refractivity contribution is 7.81. The second-order valence-corrected chi connectivity index (χ2v) is 7.39. The Kier molecular flexibility index (Phi) is 4.85. The van der Waals surface area contributed by atoms with E-state index < -0.39 is 40.1 Å². The summed E-state index contributed by atoms with van der Waals surface area (Å²) in [5.74, 6) is -0.399. The number of nitrogens with zero attached hydrogens (tertiary/aromatic N) is 2. The second kappa shape index (κ2) is 7.13. The molecule has 1 aliphatic heterocycles. The number of hydrogen-bond acceptors (Lipinski definition) is 5. The van der Waals surface area contributed by atoms with E-state index in [-0.39, 0.29) is 11.4 Å². The molecule has 12 heteroatoms. The molecule has 2 unspecified atom stereocenters. The molecule has 2 aromatic carbocycles. The van der Waals surface area contributed by atoms with Crippen LogP contribution < -0.4 is 14.7 Å². The molecule has 2 atom stereocenters. The average Bonchev–Trinajstić information content (AvgIpc) is 3.09. The second-order valence-electron chi connectivity index (χ2n) is 6.29. The van der Waals surface area contributed by atoms with Gasteiger partial charge in [0.25, 0.3) is 0 Å². The molecule has 0 saturated heterocycles. The normalized spacial score (nSPS) is 20.1. The maximum Gasteiger partial charge on any atom is 0.508 e. The molecule has 0 bridgehead atoms. The van der Waals surface area contributed by atoms with E-state index in [1.54, 1.807) is 24.3 Å². The molecule has 0 amide bonds. The van der Waals surface area contributed by atoms with Crippen molar-refractivity contribution in [3.05, 3.63) is 60.2 Å². The molecule has 0 aromatic heterocycles. The molecule has 2 aliphatic rings. The van der Waals surface area contributed by atoms with Crippen molar-refractivity contribution in [1.29, 1.82) is 0 Å². The van der Waals surface area contributed by atoms with Gasteiger partial charge in [-0.1, -0.05) is 30.3 Å². The summed E-state index contributed by atoms with van der Waals surface area (Å²) in [6.07, 6.45) is -1.62. The molecule has 158 valence electrons. The number of nitrogens with one attached hydrogen (secondary N) is 1. The van der Waals surface area contributed by atoms with Crippen LogP contribution in [0.3, 0.4) is 0 Å². The lowest BCUT2D eigenvalue weighted by Gasteiger charge is -2.22. The Hall–Kier alpha value is -2.86. The quantitative estimate of drug-likeness (QED) is 0.704. The predicted octanol–water partition coefficient (Wildman–Crippen LogP) is 4.51. The van der Waals surface area contributed by atoms with Gasteiger partial charge in [0, 0.05) is 5.39 Å². The summed E-state index contributed by atoms with van der Waals surface area (Å²) >= 11 is -3.65. The van der Waals surface area contributed by atoms with Crippen molar-refractivity contribution in [1.82, 2.24) is 5.43 Å². The smallest absolute Gasteiger partial charge is 0.392 e. The van der Waals surface area contributed by atoms with Crippen molar-refractivity contribution in [3.63, 3.8) is 0 Å². The van der Waals surface area contributed by atoms with E-state index in [0.29, 0.717) is 10.8 Å². The average molecular weight is 447 g/mol. The van der Waals surface area contributed by atoms with E-state index in [1.807, 2.05) is 0 Å². The van der Waals surface area contributed by atoms with E-state index in [0.717, 1.165) is 17.3 Å². The zero-order valence-electron chi connectivity index (χ0n) is 14.7. The summed E-state index contributed by atoms with van der Waals surface area (Å²) in [5, 5.41) is 6.19. The summed E-state index contributed by atoms with van der Waals surface area (Å²) in [4.78, 5) is 0. The Morgan fingerprint density at radius 2 is 1.77 bits per heavy atom. The van der Waals surface area contributed by atoms with Crippen molar-refractivity contribution in [2.75, 3.05) is 5.12 Å². The van der Waals surface area contributed by atoms with Crippen molar-refractivity contribution in [2.45, 2.75) is 17.7 Å². The molecule has 30 heavy (non-hydrogen) atoms. The maximum atomic E-state index is 13.0. The van der Waals surface area contributed by atoms with Gasteiger partial charge >= 0.3 is 22.8 Å². The number of halogens is 6.